The summed E-state index contributed by atoms with van der Waals surface area (Å²) in [6, 6.07) is 11.8. The molecule has 6 aliphatic heterocycles. The van der Waals surface area contributed by atoms with Gasteiger partial charge in [0, 0.05) is 70.4 Å². The van der Waals surface area contributed by atoms with Crippen molar-refractivity contribution in [2.45, 2.75) is 134 Å². The Hall–Kier alpha value is -7.35. The highest BCUT2D eigenvalue weighted by Crippen LogP contribution is 2.69. The largest absolute Gasteiger partial charge is 0.509 e. The molecule has 4 fully saturated rings. The van der Waals surface area contributed by atoms with E-state index in [9.17, 15) is 34.2 Å². The number of carboxylic acid groups (broad SMARTS) is 1. The van der Waals surface area contributed by atoms with Crippen LogP contribution in [0.25, 0.3) is 0 Å². The number of aliphatic carboxylic acids is 1. The van der Waals surface area contributed by atoms with E-state index in [1.54, 1.807) is 55.8 Å². The molecule has 0 radical (unpaired) electrons. The van der Waals surface area contributed by atoms with Crippen LogP contribution in [0.1, 0.15) is 78.3 Å². The first-order chi connectivity index (χ1) is 55.2. The van der Waals surface area contributed by atoms with Crippen molar-refractivity contribution in [3.05, 3.63) is 93.4 Å². The normalized spacial score (nSPS) is 28.7. The quantitative estimate of drug-likeness (QED) is 0.0415. The molecule has 15 rings (SSSR count). The summed E-state index contributed by atoms with van der Waals surface area (Å²) in [7, 11) is 17.4. The molecule has 3 spiro atoms. The lowest BCUT2D eigenvalue weighted by molar-refractivity contribution is -0.210. The fraction of sp³-hybridized carbons (Fsp3) is 0.671. The van der Waals surface area contributed by atoms with Crippen molar-refractivity contribution in [3.8, 4) is 34.5 Å². The number of piperidine rings is 3. The zero-order valence-corrected chi connectivity index (χ0v) is 67.2. The summed E-state index contributed by atoms with van der Waals surface area (Å²) in [6.07, 6.45) is 7.56. The molecule has 6 heterocycles. The van der Waals surface area contributed by atoms with Crippen molar-refractivity contribution in [3.63, 3.8) is 0 Å². The summed E-state index contributed by atoms with van der Waals surface area (Å²) in [5, 5.41) is 30.8. The van der Waals surface area contributed by atoms with Crippen molar-refractivity contribution in [2.24, 2.45) is 0 Å². The molecule has 6 bridgehead atoms. The summed E-state index contributed by atoms with van der Waals surface area (Å²) in [5.41, 5.74) is 1.62. The zero-order valence-electron chi connectivity index (χ0n) is 67.2. The number of likely N-dealkylation sites (N-methyl/N-ethyl adjacent to an activating group) is 3. The molecule has 3 unspecified atom stereocenters. The average molecular weight is 1600 g/mol. The smallest absolute Gasteiger partial charge is 0.337 e. The van der Waals surface area contributed by atoms with Crippen LogP contribution in [0.2, 0.25) is 0 Å². The number of ketones is 1. The van der Waals surface area contributed by atoms with Gasteiger partial charge in [0.15, 0.2) is 58.6 Å². The van der Waals surface area contributed by atoms with Crippen LogP contribution in [0, 0.1) is 0 Å². The van der Waals surface area contributed by atoms with Crippen LogP contribution in [0.15, 0.2) is 60.1 Å². The molecular formula is C82H113N3O29. The number of carboxylic acids is 1. The van der Waals surface area contributed by atoms with Crippen molar-refractivity contribution >= 4 is 29.7 Å². The maximum absolute atomic E-state index is 13.4. The highest BCUT2D eigenvalue weighted by molar-refractivity contribution is 5.90. The van der Waals surface area contributed by atoms with Crippen molar-refractivity contribution in [1.82, 2.24) is 14.7 Å². The van der Waals surface area contributed by atoms with Gasteiger partial charge in [-0.15, -0.1) is 0 Å². The summed E-state index contributed by atoms with van der Waals surface area (Å²) in [6.45, 7) is 7.95. The van der Waals surface area contributed by atoms with E-state index in [4.69, 9.17) is 105 Å². The minimum absolute atomic E-state index is 0.0438. The lowest BCUT2D eigenvalue weighted by Gasteiger charge is -2.62. The van der Waals surface area contributed by atoms with Gasteiger partial charge in [0.1, 0.15) is 49.1 Å². The van der Waals surface area contributed by atoms with Crippen LogP contribution >= 0.6 is 0 Å². The second kappa shape index (κ2) is 37.9. The Morgan fingerprint density at radius 2 is 0.798 bits per heavy atom. The summed E-state index contributed by atoms with van der Waals surface area (Å²) in [5.74, 6) is 2.08. The number of benzene rings is 3. The minimum Gasteiger partial charge on any atom is -0.509 e. The van der Waals surface area contributed by atoms with Gasteiger partial charge in [0.25, 0.3) is 0 Å². The first-order valence-corrected chi connectivity index (χ1v) is 39.2. The van der Waals surface area contributed by atoms with E-state index >= 15 is 0 Å². The first kappa shape index (κ1) is 86.0. The second-order valence-corrected chi connectivity index (χ2v) is 30.4. The van der Waals surface area contributed by atoms with Crippen LogP contribution in [0.4, 0.5) is 0 Å². The van der Waals surface area contributed by atoms with E-state index in [1.165, 1.54) is 5.56 Å². The number of Topliss-reactive ketones (excluding diaryl/α,β-unsaturated/α-hetero) is 1. The van der Waals surface area contributed by atoms with Gasteiger partial charge < -0.3 is 120 Å². The van der Waals surface area contributed by atoms with E-state index in [1.807, 2.05) is 24.3 Å². The molecule has 630 valence electrons. The monoisotopic (exact) mass is 1600 g/mol. The number of ether oxygens (including phenoxy) is 21. The Balaban J connectivity index is 0.000000153. The molecule has 3 aromatic rings. The number of likely N-dealkylation sites (tertiary alicyclic amines) is 3. The Kier molecular flexibility index (Phi) is 28.6. The Bertz CT molecular complexity index is 3930. The fourth-order valence-corrected chi connectivity index (χ4v) is 19.8. The Labute approximate surface area is 664 Å². The van der Waals surface area contributed by atoms with Crippen molar-refractivity contribution < 1.29 is 139 Å². The van der Waals surface area contributed by atoms with E-state index in [0.717, 1.165) is 66.7 Å². The predicted molar refractivity (Wildman–Crippen MR) is 404 cm³/mol. The number of hydrogen-bond donors (Lipinski definition) is 3. The van der Waals surface area contributed by atoms with Crippen LogP contribution < -0.4 is 28.4 Å². The summed E-state index contributed by atoms with van der Waals surface area (Å²) < 4.78 is 117. The molecule has 3 aromatic carbocycles. The molecule has 3 saturated heterocycles. The molecule has 3 N–H and O–H groups in total. The average Bonchev–Trinajstić information content (AvgIpc) is 1.45. The highest BCUT2D eigenvalue weighted by atomic mass is 16.6. The highest BCUT2D eigenvalue weighted by Gasteiger charge is 2.77. The van der Waals surface area contributed by atoms with Crippen molar-refractivity contribution in [2.75, 3.05) is 223 Å². The van der Waals surface area contributed by atoms with Gasteiger partial charge in [-0.05, 0) is 133 Å². The van der Waals surface area contributed by atoms with E-state index in [0.29, 0.717) is 171 Å². The van der Waals surface area contributed by atoms with Crippen molar-refractivity contribution in [1.29, 1.82) is 0 Å². The number of hydrogen-bond acceptors (Lipinski definition) is 31. The van der Waals surface area contributed by atoms with Crippen LogP contribution in [0.3, 0.4) is 0 Å². The number of aliphatic hydroxyl groups excluding tert-OH is 1. The second-order valence-electron chi connectivity index (χ2n) is 30.4. The van der Waals surface area contributed by atoms with Gasteiger partial charge in [-0.3, -0.25) is 14.6 Å². The van der Waals surface area contributed by atoms with E-state index < -0.39 is 75.2 Å². The molecule has 0 amide bonds. The molecule has 32 heteroatoms. The Morgan fingerprint density at radius 1 is 0.439 bits per heavy atom. The molecule has 32 nitrogen and oxygen atoms in total. The van der Waals surface area contributed by atoms with Gasteiger partial charge in [-0.25, -0.2) is 19.2 Å². The van der Waals surface area contributed by atoms with Gasteiger partial charge in [0.2, 0.25) is 0 Å². The molecule has 12 aliphatic rings. The molecule has 0 aromatic heterocycles. The van der Waals surface area contributed by atoms with Gasteiger partial charge in [0.05, 0.1) is 161 Å². The van der Waals surface area contributed by atoms with Crippen LogP contribution in [0.5, 0.6) is 34.5 Å². The number of rotatable bonds is 38. The van der Waals surface area contributed by atoms with Gasteiger partial charge in [-0.2, -0.15) is 0 Å². The van der Waals surface area contributed by atoms with Crippen LogP contribution in [-0.2, 0) is 131 Å². The third-order valence-electron chi connectivity index (χ3n) is 24.7. The minimum atomic E-state index is -0.989. The molecule has 12 atom stereocenters. The van der Waals surface area contributed by atoms with E-state index in [2.05, 4.69) is 54.0 Å². The molecular weight excluding hydrogens is 1490 g/mol. The number of carbonyl (C=O) groups excluding carboxylic acids is 4. The lowest BCUT2D eigenvalue weighted by atomic mass is 9.49. The van der Waals surface area contributed by atoms with E-state index in [-0.39, 0.29) is 75.9 Å². The van der Waals surface area contributed by atoms with Crippen LogP contribution in [-0.4, -0.2) is 336 Å². The molecule has 1 saturated carbocycles. The zero-order chi connectivity index (χ0) is 81.0. The lowest BCUT2D eigenvalue weighted by Crippen LogP contribution is -2.76. The fourth-order valence-electron chi connectivity index (χ4n) is 19.8. The molecule has 6 aliphatic carbocycles. The Morgan fingerprint density at radius 3 is 1.24 bits per heavy atom. The number of methoxy groups -OCH3 is 7. The first-order valence-electron chi connectivity index (χ1n) is 39.2. The molecule has 114 heavy (non-hydrogen) atoms. The maximum atomic E-state index is 13.4. The standard InChI is InChI=1S/C32H45NO12.C25H33NO8.C18H21NO4.C7H14O5/c1-33-10-9-31-28-22-5-6-23(38-4)29(28)44-30(31)24(43-26(34)20-41-17-15-39-13-11-36-2)7-8-32(31,25(33)19-22)45-27(35)21-42-18-16-40-14-12-37-3;1-26-9-8-24-21-16-4-5-18(30-3)22(21)33-23(24)17(27)6-7-25(24,19(26)14-16)34-20(28)15-32-13-12-31-11-10-29-2;1-19-8-7-17-14-10-3-4-12(22-2)15(14)23-16(17)11(20)5-6-18(17,21)13(19)9-10;1-10-2-3-11-4-5-12-6-7(8)9/h5-7,25,30H,8-21H2,1-4H3;4-6,19,23,27H,7-15H2,1-3H3;3-4,13,16,21H,5-9H2,1-2H3;2-6H2,1H3,(H,8,9)/t25-,30?,31+,32-;19-,23?,24+,25-;13-,16?,17+,18-;/m111./s1. The third kappa shape index (κ3) is 16.1. The summed E-state index contributed by atoms with van der Waals surface area (Å²) in [4.78, 5) is 68.9. The van der Waals surface area contributed by atoms with Gasteiger partial charge in [-0.1, -0.05) is 18.2 Å². The third-order valence-corrected chi connectivity index (χ3v) is 24.7. The number of carbonyl (C=O) groups is 5. The number of esters is 3. The number of nitrogens with zero attached hydrogens (tertiary/aromatic N) is 3. The summed E-state index contributed by atoms with van der Waals surface area (Å²) >= 11 is 0. The number of aliphatic hydroxyl groups is 2. The topological polar surface area (TPSA) is 350 Å². The maximum Gasteiger partial charge on any atom is 0.337 e. The van der Waals surface area contributed by atoms with Gasteiger partial charge >= 0.3 is 23.9 Å². The SMILES string of the molecule is COCCOCCOCC(=O)O.COCCOCCOCC(=O)OC1=CC[C@@]2(OC(=O)COCCOCCOC)[C@H]3Cc4ccc(OC)c5c4[C@@]2(CCN3C)C1O5.COCCOCCOCC(=O)O[C@@]12CC=C(O)C3Oc4c(OC)ccc5c4[C@@]31CCN(C)[C@@H]2C5.COc1ccc2c3c1OC1C(=O)CC[C@@]4(O)[C@@H](C2)N(C)CC[C@]314. The predicted octanol–water partition coefficient (Wildman–Crippen LogP) is 3.99.